The van der Waals surface area contributed by atoms with Crippen LogP contribution in [-0.4, -0.2) is 30.9 Å². The van der Waals surface area contributed by atoms with Crippen LogP contribution in [0.15, 0.2) is 12.1 Å². The normalized spacial score (nSPS) is 28.7. The molecule has 1 aromatic carbocycles. The van der Waals surface area contributed by atoms with E-state index in [-0.39, 0.29) is 24.3 Å². The maximum Gasteiger partial charge on any atom is 0.319 e. The monoisotopic (exact) mass is 326 g/mol. The van der Waals surface area contributed by atoms with Crippen molar-refractivity contribution in [3.8, 4) is 5.75 Å². The number of ether oxygens (including phenoxy) is 1. The Morgan fingerprint density at radius 2 is 1.96 bits per heavy atom. The predicted molar refractivity (Wildman–Crippen MR) is 80.3 cm³/mol. The molecule has 0 spiro atoms. The van der Waals surface area contributed by atoms with Crippen molar-refractivity contribution in [2.24, 2.45) is 17.8 Å². The Morgan fingerprint density at radius 3 is 2.57 bits per heavy atom. The number of hydrogen-bond donors (Lipinski definition) is 3. The molecule has 126 valence electrons. The third-order valence-electron chi connectivity index (χ3n) is 5.06. The van der Waals surface area contributed by atoms with Gasteiger partial charge in [0.15, 0.2) is 17.4 Å². The fraction of sp³-hybridized carbons (Fsp3) is 0.562. The van der Waals surface area contributed by atoms with Crippen molar-refractivity contribution in [3.63, 3.8) is 0 Å². The van der Waals surface area contributed by atoms with E-state index in [1.165, 1.54) is 7.11 Å². The average Bonchev–Trinajstić information content (AvgIpc) is 3.07. The molecule has 0 aliphatic heterocycles. The van der Waals surface area contributed by atoms with Crippen LogP contribution in [0.5, 0.6) is 5.75 Å². The maximum absolute atomic E-state index is 13.6. The molecule has 7 heteroatoms. The number of hydrogen-bond acceptors (Lipinski definition) is 3. The Hall–Kier alpha value is -1.89. The first kappa shape index (κ1) is 16.0. The van der Waals surface area contributed by atoms with Gasteiger partial charge in [-0.05, 0) is 31.1 Å². The second kappa shape index (κ2) is 6.31. The summed E-state index contributed by atoms with van der Waals surface area (Å²) in [6.45, 7) is 0.0396. The van der Waals surface area contributed by atoms with Gasteiger partial charge in [-0.1, -0.05) is 0 Å². The minimum absolute atomic E-state index is 0.0157. The molecule has 23 heavy (non-hydrogen) atoms. The number of anilines is 1. The molecule has 0 saturated heterocycles. The number of carbonyl (C=O) groups is 1. The summed E-state index contributed by atoms with van der Waals surface area (Å²) in [5.74, 6) is -1.36. The summed E-state index contributed by atoms with van der Waals surface area (Å²) < 4.78 is 31.9. The van der Waals surface area contributed by atoms with Gasteiger partial charge in [-0.3, -0.25) is 0 Å². The van der Waals surface area contributed by atoms with Crippen molar-refractivity contribution < 1.29 is 23.4 Å². The number of benzene rings is 1. The number of amides is 2. The van der Waals surface area contributed by atoms with E-state index in [0.717, 1.165) is 31.4 Å². The van der Waals surface area contributed by atoms with Crippen molar-refractivity contribution >= 4 is 11.7 Å². The molecular weight excluding hydrogens is 306 g/mol. The second-order valence-corrected chi connectivity index (χ2v) is 6.28. The van der Waals surface area contributed by atoms with E-state index >= 15 is 0 Å². The van der Waals surface area contributed by atoms with E-state index in [1.54, 1.807) is 0 Å². The summed E-state index contributed by atoms with van der Waals surface area (Å²) in [6, 6.07) is 1.40. The van der Waals surface area contributed by atoms with Gasteiger partial charge in [0.1, 0.15) is 0 Å². The molecule has 2 saturated carbocycles. The lowest BCUT2D eigenvalue weighted by Crippen LogP contribution is -2.46. The van der Waals surface area contributed by atoms with E-state index in [1.807, 2.05) is 0 Å². The van der Waals surface area contributed by atoms with E-state index in [0.29, 0.717) is 11.8 Å². The number of nitrogens with one attached hydrogen (secondary N) is 2. The van der Waals surface area contributed by atoms with Crippen LogP contribution in [0.4, 0.5) is 19.3 Å². The summed E-state index contributed by atoms with van der Waals surface area (Å²) in [5.41, 5.74) is 0.0157. The Balaban J connectivity index is 1.66. The van der Waals surface area contributed by atoms with E-state index in [9.17, 15) is 18.7 Å². The molecule has 2 aliphatic carbocycles. The van der Waals surface area contributed by atoms with Crippen LogP contribution in [-0.2, 0) is 0 Å². The number of methoxy groups -OCH3 is 1. The summed E-state index contributed by atoms with van der Waals surface area (Å²) in [6.07, 6.45) is 3.14. The van der Waals surface area contributed by atoms with Crippen molar-refractivity contribution in [1.82, 2.24) is 5.32 Å². The third kappa shape index (κ3) is 2.97. The molecule has 2 bridgehead atoms. The molecule has 2 amide bonds. The van der Waals surface area contributed by atoms with E-state index in [4.69, 9.17) is 0 Å². The predicted octanol–water partition coefficient (Wildman–Crippen LogP) is 2.50. The lowest BCUT2D eigenvalue weighted by atomic mass is 9.85. The highest BCUT2D eigenvalue weighted by Gasteiger charge is 2.47. The molecule has 0 radical (unpaired) electrons. The molecular formula is C16H20F2N2O3. The second-order valence-electron chi connectivity index (χ2n) is 6.28. The zero-order valence-corrected chi connectivity index (χ0v) is 12.8. The first-order valence-corrected chi connectivity index (χ1v) is 7.75. The fourth-order valence-corrected chi connectivity index (χ4v) is 4.04. The lowest BCUT2D eigenvalue weighted by molar-refractivity contribution is 0.146. The van der Waals surface area contributed by atoms with Gasteiger partial charge < -0.3 is 20.5 Å². The van der Waals surface area contributed by atoms with Gasteiger partial charge in [-0.25, -0.2) is 13.6 Å². The Bertz CT molecular complexity index is 588. The fourth-order valence-electron chi connectivity index (χ4n) is 4.04. The number of urea groups is 1. The zero-order chi connectivity index (χ0) is 16.6. The quantitative estimate of drug-likeness (QED) is 0.796. The highest BCUT2D eigenvalue weighted by Crippen LogP contribution is 2.48. The molecule has 0 heterocycles. The third-order valence-corrected chi connectivity index (χ3v) is 5.06. The van der Waals surface area contributed by atoms with Crippen LogP contribution in [0, 0.1) is 29.4 Å². The molecule has 0 aromatic heterocycles. The van der Waals surface area contributed by atoms with Crippen molar-refractivity contribution in [2.45, 2.75) is 25.3 Å². The summed E-state index contributed by atoms with van der Waals surface area (Å²) in [7, 11) is 1.17. The summed E-state index contributed by atoms with van der Waals surface area (Å²) in [5, 5.41) is 14.8. The minimum Gasteiger partial charge on any atom is -0.491 e. The molecule has 3 rings (SSSR count). The highest BCUT2D eigenvalue weighted by atomic mass is 19.1. The SMILES string of the molecule is COc1c(F)cc(NC(=O)N[C@H]2[C@H]3CC[C@@H](C3)[C@H]2CO)cc1F. The van der Waals surface area contributed by atoms with Crippen molar-refractivity contribution in [1.29, 1.82) is 0 Å². The lowest BCUT2D eigenvalue weighted by Gasteiger charge is -2.30. The van der Waals surface area contributed by atoms with Gasteiger partial charge in [0.25, 0.3) is 0 Å². The largest absolute Gasteiger partial charge is 0.491 e. The number of carbonyl (C=O) groups excluding carboxylic acids is 1. The molecule has 5 nitrogen and oxygen atoms in total. The standard InChI is InChI=1S/C16H20F2N2O3/c1-23-15-12(17)5-10(6-13(15)18)19-16(22)20-14-9-3-2-8(4-9)11(14)7-21/h5-6,8-9,11,14,21H,2-4,7H2,1H3,(H2,19,20,22)/t8-,9-,11+,14-/m0/s1. The first-order valence-electron chi connectivity index (χ1n) is 7.75. The summed E-state index contributed by atoms with van der Waals surface area (Å²) in [4.78, 5) is 12.1. The molecule has 0 unspecified atom stereocenters. The van der Waals surface area contributed by atoms with Crippen LogP contribution < -0.4 is 15.4 Å². The van der Waals surface area contributed by atoms with Crippen LogP contribution in [0.2, 0.25) is 0 Å². The zero-order valence-electron chi connectivity index (χ0n) is 12.8. The van der Waals surface area contributed by atoms with Gasteiger partial charge in [-0.2, -0.15) is 0 Å². The van der Waals surface area contributed by atoms with Gasteiger partial charge in [-0.15, -0.1) is 0 Å². The Labute approximate surface area is 133 Å². The maximum atomic E-state index is 13.6. The number of aliphatic hydroxyl groups is 1. The summed E-state index contributed by atoms with van der Waals surface area (Å²) >= 11 is 0. The Kier molecular flexibility index (Phi) is 4.39. The molecule has 4 atom stereocenters. The highest BCUT2D eigenvalue weighted by molar-refractivity contribution is 5.89. The van der Waals surface area contributed by atoms with Crippen LogP contribution >= 0.6 is 0 Å². The molecule has 3 N–H and O–H groups in total. The van der Waals surface area contributed by atoms with Crippen LogP contribution in [0.1, 0.15) is 19.3 Å². The van der Waals surface area contributed by atoms with Gasteiger partial charge in [0.05, 0.1) is 7.11 Å². The van der Waals surface area contributed by atoms with Gasteiger partial charge in [0, 0.05) is 36.4 Å². The smallest absolute Gasteiger partial charge is 0.319 e. The number of rotatable bonds is 4. The number of fused-ring (bicyclic) bond motifs is 2. The van der Waals surface area contributed by atoms with Crippen molar-refractivity contribution in [3.05, 3.63) is 23.8 Å². The first-order chi connectivity index (χ1) is 11.0. The van der Waals surface area contributed by atoms with Crippen molar-refractivity contribution in [2.75, 3.05) is 19.0 Å². The molecule has 1 aromatic rings. The van der Waals surface area contributed by atoms with E-state index in [2.05, 4.69) is 15.4 Å². The number of halogens is 2. The van der Waals surface area contributed by atoms with Gasteiger partial charge >= 0.3 is 6.03 Å². The molecule has 2 fully saturated rings. The average molecular weight is 326 g/mol. The van der Waals surface area contributed by atoms with Crippen LogP contribution in [0.25, 0.3) is 0 Å². The van der Waals surface area contributed by atoms with E-state index < -0.39 is 23.4 Å². The number of aliphatic hydroxyl groups excluding tert-OH is 1. The topological polar surface area (TPSA) is 70.6 Å². The molecule has 2 aliphatic rings. The minimum atomic E-state index is -0.879. The Morgan fingerprint density at radius 1 is 1.30 bits per heavy atom. The van der Waals surface area contributed by atoms with Gasteiger partial charge in [0.2, 0.25) is 0 Å². The van der Waals surface area contributed by atoms with Crippen LogP contribution in [0.3, 0.4) is 0 Å².